The Balaban J connectivity index is 2.24. The van der Waals surface area contributed by atoms with Gasteiger partial charge in [-0.15, -0.1) is 0 Å². The topological polar surface area (TPSA) is 101 Å². The van der Waals surface area contributed by atoms with E-state index in [1.165, 1.54) is 6.33 Å². The molecule has 2 rings (SSSR count). The number of carbonyl (C=O) groups is 1. The van der Waals surface area contributed by atoms with Gasteiger partial charge in [-0.3, -0.25) is 4.79 Å². The Hall–Kier alpha value is -2.18. The van der Waals surface area contributed by atoms with Crippen LogP contribution in [0, 0.1) is 12.8 Å². The van der Waals surface area contributed by atoms with E-state index in [9.17, 15) is 4.79 Å². The van der Waals surface area contributed by atoms with Gasteiger partial charge in [0.25, 0.3) is 5.71 Å². The number of rotatable bonds is 4. The Morgan fingerprint density at radius 1 is 1.59 bits per heavy atom. The van der Waals surface area contributed by atoms with Gasteiger partial charge in [0.15, 0.2) is 0 Å². The van der Waals surface area contributed by atoms with Crippen LogP contribution in [-0.4, -0.2) is 32.7 Å². The summed E-state index contributed by atoms with van der Waals surface area (Å²) in [5.74, 6) is -0.813. The summed E-state index contributed by atoms with van der Waals surface area (Å²) >= 11 is 0. The van der Waals surface area contributed by atoms with E-state index >= 15 is 0 Å². The first-order valence-corrected chi connectivity index (χ1v) is 5.13. The van der Waals surface area contributed by atoms with Crippen LogP contribution in [0.25, 0.3) is 11.1 Å². The molecule has 2 aromatic rings. The van der Waals surface area contributed by atoms with Crippen molar-refractivity contribution in [3.8, 4) is 0 Å². The summed E-state index contributed by atoms with van der Waals surface area (Å²) < 4.78 is 4.99. The van der Waals surface area contributed by atoms with Gasteiger partial charge in [-0.25, -0.2) is 4.98 Å². The van der Waals surface area contributed by atoms with E-state index in [4.69, 9.17) is 9.63 Å². The highest BCUT2D eigenvalue weighted by molar-refractivity contribution is 5.87. The molecule has 7 nitrogen and oxygen atoms in total. The Kier molecular flexibility index (Phi) is 2.90. The molecule has 2 N–H and O–H groups in total. The quantitative estimate of drug-likeness (QED) is 0.818. The lowest BCUT2D eigenvalue weighted by Crippen LogP contribution is -2.20. The first-order valence-electron chi connectivity index (χ1n) is 5.13. The number of aliphatic carboxylic acids is 1. The molecule has 90 valence electrons. The van der Waals surface area contributed by atoms with Crippen molar-refractivity contribution in [2.45, 2.75) is 13.8 Å². The highest BCUT2D eigenvalue weighted by Crippen LogP contribution is 2.22. The average Bonchev–Trinajstić information content (AvgIpc) is 2.68. The number of nitrogens with zero attached hydrogens (tertiary/aromatic N) is 3. The standard InChI is InChI=1S/C10H12N4O3/c1-5(10(15)16)3-11-8-7-6(2)14-17-9(7)13-4-12-8/h4-5H,3H2,1-2H3,(H,15,16)(H,11,12,13). The lowest BCUT2D eigenvalue weighted by atomic mass is 10.2. The van der Waals surface area contributed by atoms with Gasteiger partial charge in [0.05, 0.1) is 11.6 Å². The zero-order valence-electron chi connectivity index (χ0n) is 9.47. The summed E-state index contributed by atoms with van der Waals surface area (Å²) in [4.78, 5) is 18.7. The lowest BCUT2D eigenvalue weighted by Gasteiger charge is -2.08. The first kappa shape index (κ1) is 11.3. The van der Waals surface area contributed by atoms with Crippen LogP contribution in [0.2, 0.25) is 0 Å². The molecule has 0 bridgehead atoms. The second-order valence-electron chi connectivity index (χ2n) is 3.79. The molecule has 0 aliphatic heterocycles. The summed E-state index contributed by atoms with van der Waals surface area (Å²) in [7, 11) is 0. The van der Waals surface area contributed by atoms with Crippen LogP contribution in [0.5, 0.6) is 0 Å². The Morgan fingerprint density at radius 2 is 2.35 bits per heavy atom. The molecular weight excluding hydrogens is 224 g/mol. The largest absolute Gasteiger partial charge is 0.481 e. The third-order valence-electron chi connectivity index (χ3n) is 2.44. The Morgan fingerprint density at radius 3 is 3.06 bits per heavy atom. The number of anilines is 1. The number of carboxylic acids is 1. The van der Waals surface area contributed by atoms with Gasteiger partial charge >= 0.3 is 5.97 Å². The normalized spacial score (nSPS) is 12.6. The number of aromatic nitrogens is 3. The maximum atomic E-state index is 10.7. The van der Waals surface area contributed by atoms with E-state index in [-0.39, 0.29) is 6.54 Å². The molecule has 0 aliphatic rings. The predicted octanol–water partition coefficient (Wildman–Crippen LogP) is 1.06. The summed E-state index contributed by atoms with van der Waals surface area (Å²) in [6, 6.07) is 0. The highest BCUT2D eigenvalue weighted by atomic mass is 16.5. The second-order valence-corrected chi connectivity index (χ2v) is 3.79. The van der Waals surface area contributed by atoms with Crippen molar-refractivity contribution in [2.24, 2.45) is 5.92 Å². The number of hydrogen-bond donors (Lipinski definition) is 2. The Labute approximate surface area is 96.8 Å². The molecule has 1 unspecified atom stereocenters. The van der Waals surface area contributed by atoms with Crippen molar-refractivity contribution >= 4 is 22.9 Å². The molecule has 0 aliphatic carbocycles. The fourth-order valence-electron chi connectivity index (χ4n) is 1.39. The van der Waals surface area contributed by atoms with Crippen LogP contribution >= 0.6 is 0 Å². The molecule has 0 spiro atoms. The zero-order chi connectivity index (χ0) is 12.4. The van der Waals surface area contributed by atoms with Gasteiger partial charge in [-0.05, 0) is 6.92 Å². The van der Waals surface area contributed by atoms with Crippen molar-refractivity contribution in [3.05, 3.63) is 12.0 Å². The van der Waals surface area contributed by atoms with Crippen LogP contribution in [0.4, 0.5) is 5.82 Å². The van der Waals surface area contributed by atoms with Crippen LogP contribution in [0.1, 0.15) is 12.6 Å². The smallest absolute Gasteiger partial charge is 0.308 e. The number of aryl methyl sites for hydroxylation is 1. The van der Waals surface area contributed by atoms with E-state index in [1.54, 1.807) is 13.8 Å². The van der Waals surface area contributed by atoms with E-state index in [0.717, 1.165) is 0 Å². The van der Waals surface area contributed by atoms with E-state index < -0.39 is 11.9 Å². The minimum absolute atomic E-state index is 0.284. The van der Waals surface area contributed by atoms with Crippen LogP contribution in [-0.2, 0) is 4.79 Å². The van der Waals surface area contributed by atoms with Gasteiger partial charge in [0.2, 0.25) is 0 Å². The summed E-state index contributed by atoms with van der Waals surface area (Å²) in [6.07, 6.45) is 1.35. The zero-order valence-corrected chi connectivity index (χ0v) is 9.47. The minimum atomic E-state index is -0.857. The van der Waals surface area contributed by atoms with Crippen molar-refractivity contribution in [1.82, 2.24) is 15.1 Å². The minimum Gasteiger partial charge on any atom is -0.481 e. The number of nitrogens with one attached hydrogen (secondary N) is 1. The maximum Gasteiger partial charge on any atom is 0.308 e. The summed E-state index contributed by atoms with van der Waals surface area (Å²) in [6.45, 7) is 3.68. The molecule has 0 saturated heterocycles. The van der Waals surface area contributed by atoms with E-state index in [1.807, 2.05) is 0 Å². The molecule has 0 aromatic carbocycles. The van der Waals surface area contributed by atoms with Crippen molar-refractivity contribution < 1.29 is 14.4 Å². The fraction of sp³-hybridized carbons (Fsp3) is 0.400. The SMILES string of the molecule is Cc1noc2ncnc(NCC(C)C(=O)O)c12. The summed E-state index contributed by atoms with van der Waals surface area (Å²) in [5, 5.41) is 16.2. The van der Waals surface area contributed by atoms with E-state index in [0.29, 0.717) is 22.6 Å². The second kappa shape index (κ2) is 4.36. The first-order chi connectivity index (χ1) is 8.09. The molecule has 17 heavy (non-hydrogen) atoms. The van der Waals surface area contributed by atoms with Crippen LogP contribution < -0.4 is 5.32 Å². The number of carboxylic acid groups (broad SMARTS) is 1. The highest BCUT2D eigenvalue weighted by Gasteiger charge is 2.14. The van der Waals surface area contributed by atoms with Gasteiger partial charge in [0.1, 0.15) is 17.5 Å². The number of fused-ring (bicyclic) bond motifs is 1. The molecule has 0 fully saturated rings. The predicted molar refractivity (Wildman–Crippen MR) is 59.6 cm³/mol. The van der Waals surface area contributed by atoms with Gasteiger partial charge < -0.3 is 14.9 Å². The molecule has 7 heteroatoms. The molecule has 0 saturated carbocycles. The third-order valence-corrected chi connectivity index (χ3v) is 2.44. The monoisotopic (exact) mass is 236 g/mol. The molecular formula is C10H12N4O3. The number of hydrogen-bond acceptors (Lipinski definition) is 6. The molecule has 1 atom stereocenters. The molecule has 0 radical (unpaired) electrons. The van der Waals surface area contributed by atoms with Gasteiger partial charge in [0, 0.05) is 6.54 Å². The van der Waals surface area contributed by atoms with Gasteiger partial charge in [-0.1, -0.05) is 12.1 Å². The van der Waals surface area contributed by atoms with E-state index in [2.05, 4.69) is 20.4 Å². The Bertz CT molecular complexity index is 551. The summed E-state index contributed by atoms with van der Waals surface area (Å²) in [5.41, 5.74) is 1.06. The molecule has 2 heterocycles. The van der Waals surface area contributed by atoms with Crippen molar-refractivity contribution in [1.29, 1.82) is 0 Å². The maximum absolute atomic E-state index is 10.7. The average molecular weight is 236 g/mol. The van der Waals surface area contributed by atoms with Crippen LogP contribution in [0.15, 0.2) is 10.9 Å². The lowest BCUT2D eigenvalue weighted by molar-refractivity contribution is -0.140. The third kappa shape index (κ3) is 2.17. The van der Waals surface area contributed by atoms with Crippen molar-refractivity contribution in [2.75, 3.05) is 11.9 Å². The fourth-order valence-corrected chi connectivity index (χ4v) is 1.39. The van der Waals surface area contributed by atoms with Gasteiger partial charge in [-0.2, -0.15) is 4.98 Å². The van der Waals surface area contributed by atoms with Crippen LogP contribution in [0.3, 0.4) is 0 Å². The van der Waals surface area contributed by atoms with Crippen molar-refractivity contribution in [3.63, 3.8) is 0 Å². The molecule has 2 aromatic heterocycles. The molecule has 0 amide bonds.